The number of hydrogen-bond donors (Lipinski definition) is 2. The molecule has 7 heteroatoms. The van der Waals surface area contributed by atoms with Gasteiger partial charge in [0.2, 0.25) is 0 Å². The smallest absolute Gasteiger partial charge is 0.261 e. The van der Waals surface area contributed by atoms with Crippen LogP contribution in [0.5, 0.6) is 5.75 Å². The first-order chi connectivity index (χ1) is 9.36. The van der Waals surface area contributed by atoms with Gasteiger partial charge in [-0.05, 0) is 29.7 Å². The quantitative estimate of drug-likeness (QED) is 0.493. The number of aliphatic hydroxyl groups excluding tert-OH is 1. The van der Waals surface area contributed by atoms with Gasteiger partial charge in [-0.1, -0.05) is 12.1 Å². The van der Waals surface area contributed by atoms with Gasteiger partial charge in [0.15, 0.2) is 0 Å². The molecule has 1 aromatic carbocycles. The zero-order chi connectivity index (χ0) is 15.2. The predicted octanol–water partition coefficient (Wildman–Crippen LogP) is 2.04. The molecule has 2 N–H and O–H groups in total. The number of alkyl halides is 1. The number of aliphatic hydroxyl groups is 1. The number of fused-ring (bicyclic) bond motifs is 1. The zero-order valence-electron chi connectivity index (χ0n) is 11.0. The minimum atomic E-state index is -3.67. The van der Waals surface area contributed by atoms with Crippen LogP contribution in [0.1, 0.15) is 17.5 Å². The van der Waals surface area contributed by atoms with Crippen molar-refractivity contribution < 1.29 is 22.8 Å². The molecule has 1 aliphatic rings. The van der Waals surface area contributed by atoms with E-state index in [1.165, 1.54) is 0 Å². The summed E-state index contributed by atoms with van der Waals surface area (Å²) in [6.07, 6.45) is 3.53. The van der Waals surface area contributed by atoms with Crippen LogP contribution >= 0.6 is 11.6 Å². The summed E-state index contributed by atoms with van der Waals surface area (Å²) < 4.78 is 31.5. The average Bonchev–Trinajstić information content (AvgIpc) is 2.30. The van der Waals surface area contributed by atoms with Gasteiger partial charge < -0.3 is 9.84 Å². The minimum absolute atomic E-state index is 0.0954. The highest BCUT2D eigenvalue weighted by atomic mass is 35.5. The van der Waals surface area contributed by atoms with Crippen LogP contribution < -0.4 is 4.74 Å². The Morgan fingerprint density at radius 1 is 1.35 bits per heavy atom. The van der Waals surface area contributed by atoms with Crippen molar-refractivity contribution in [3.63, 3.8) is 0 Å². The van der Waals surface area contributed by atoms with E-state index in [4.69, 9.17) is 26.0 Å². The lowest BCUT2D eigenvalue weighted by atomic mass is 9.88. The summed E-state index contributed by atoms with van der Waals surface area (Å²) in [5.41, 5.74) is 3.17. The van der Waals surface area contributed by atoms with E-state index < -0.39 is 10.1 Å². The van der Waals surface area contributed by atoms with Crippen LogP contribution in [-0.4, -0.2) is 43.4 Å². The molecular weight excluding hydrogens is 304 g/mol. The molecule has 0 fully saturated rings. The lowest BCUT2D eigenvalue weighted by Gasteiger charge is -2.21. The topological polar surface area (TPSA) is 83.8 Å². The Kier molecular flexibility index (Phi) is 6.48. The zero-order valence-corrected chi connectivity index (χ0v) is 12.6. The summed E-state index contributed by atoms with van der Waals surface area (Å²) in [6.45, 7) is 0.736. The molecule has 0 saturated heterocycles. The molecule has 5 nitrogen and oxygen atoms in total. The van der Waals surface area contributed by atoms with E-state index in [9.17, 15) is 8.42 Å². The van der Waals surface area contributed by atoms with Gasteiger partial charge in [-0.25, -0.2) is 0 Å². The van der Waals surface area contributed by atoms with E-state index in [0.717, 1.165) is 28.9 Å². The number of hydrogen-bond acceptors (Lipinski definition) is 4. The molecule has 0 heterocycles. The normalized spacial score (nSPS) is 12.5. The van der Waals surface area contributed by atoms with Gasteiger partial charge in [-0.15, -0.1) is 11.6 Å². The maximum Gasteiger partial charge on any atom is 0.261 e. The van der Waals surface area contributed by atoms with E-state index >= 15 is 0 Å². The Bertz CT molecular complexity index is 572. The van der Waals surface area contributed by atoms with Crippen molar-refractivity contribution in [2.24, 2.45) is 0 Å². The van der Waals surface area contributed by atoms with Gasteiger partial charge in [0.1, 0.15) is 5.75 Å². The van der Waals surface area contributed by atoms with Gasteiger partial charge in [-0.3, -0.25) is 4.55 Å². The minimum Gasteiger partial charge on any atom is -0.493 e. The molecule has 0 unspecified atom stereocenters. The molecule has 0 aliphatic heterocycles. The van der Waals surface area contributed by atoms with Crippen LogP contribution in [0, 0.1) is 0 Å². The third-order valence-corrected chi connectivity index (χ3v) is 2.70. The summed E-state index contributed by atoms with van der Waals surface area (Å²) in [5.74, 6) is 1.50. The second kappa shape index (κ2) is 7.64. The Balaban J connectivity index is 0.000000347. The molecule has 0 spiro atoms. The van der Waals surface area contributed by atoms with Gasteiger partial charge in [0.25, 0.3) is 10.1 Å². The fourth-order valence-electron chi connectivity index (χ4n) is 1.64. The van der Waals surface area contributed by atoms with E-state index in [-0.39, 0.29) is 6.61 Å². The monoisotopic (exact) mass is 320 g/mol. The lowest BCUT2D eigenvalue weighted by Crippen LogP contribution is -2.07. The van der Waals surface area contributed by atoms with Crippen LogP contribution in [0.25, 0.3) is 11.6 Å². The van der Waals surface area contributed by atoms with Gasteiger partial charge in [-0.2, -0.15) is 8.42 Å². The van der Waals surface area contributed by atoms with E-state index in [0.29, 0.717) is 18.7 Å². The molecule has 112 valence electrons. The van der Waals surface area contributed by atoms with Crippen LogP contribution in [0.15, 0.2) is 18.2 Å². The third-order valence-electron chi connectivity index (χ3n) is 2.44. The standard InChI is InChI=1S/C12H13ClO2.CH4O3S/c13-5-2-6-15-12-4-1-3-10-9(8-14)7-11(10)12;1-5(2,3)4/h1,3-4,7,14H,2,5-6,8H2;1H3,(H,2,3,4). The van der Waals surface area contributed by atoms with Crippen molar-refractivity contribution >= 4 is 33.4 Å². The van der Waals surface area contributed by atoms with E-state index in [1.807, 2.05) is 24.3 Å². The molecule has 1 aromatic rings. The summed E-state index contributed by atoms with van der Waals surface area (Å²) in [5, 5.41) is 9.01. The van der Waals surface area contributed by atoms with Gasteiger partial charge in [0, 0.05) is 11.4 Å². The number of rotatable bonds is 5. The van der Waals surface area contributed by atoms with E-state index in [2.05, 4.69) is 0 Å². The number of ether oxygens (including phenoxy) is 1. The molecule has 0 bridgehead atoms. The first-order valence-corrected chi connectivity index (χ1v) is 8.31. The van der Waals surface area contributed by atoms with E-state index in [1.54, 1.807) is 0 Å². The Morgan fingerprint density at radius 3 is 2.55 bits per heavy atom. The van der Waals surface area contributed by atoms with Crippen molar-refractivity contribution in [1.82, 2.24) is 0 Å². The van der Waals surface area contributed by atoms with Crippen molar-refractivity contribution in [1.29, 1.82) is 0 Å². The Morgan fingerprint density at radius 2 is 2.00 bits per heavy atom. The molecule has 1 aliphatic carbocycles. The van der Waals surface area contributed by atoms with Gasteiger partial charge >= 0.3 is 0 Å². The molecule has 0 saturated carbocycles. The molecule has 0 amide bonds. The second-order valence-electron chi connectivity index (χ2n) is 4.17. The predicted molar refractivity (Wildman–Crippen MR) is 79.7 cm³/mol. The van der Waals surface area contributed by atoms with Crippen LogP contribution in [0.3, 0.4) is 0 Å². The molecular formula is C13H17ClO5S. The highest BCUT2D eigenvalue weighted by Gasteiger charge is 2.18. The van der Waals surface area contributed by atoms with Crippen molar-refractivity contribution in [2.45, 2.75) is 6.42 Å². The molecule has 0 aromatic heterocycles. The fraction of sp³-hybridized carbons (Fsp3) is 0.385. The summed E-state index contributed by atoms with van der Waals surface area (Å²) in [6, 6.07) is 5.88. The summed E-state index contributed by atoms with van der Waals surface area (Å²) in [7, 11) is -3.67. The van der Waals surface area contributed by atoms with Crippen molar-refractivity contribution in [2.75, 3.05) is 25.3 Å². The second-order valence-corrected chi connectivity index (χ2v) is 6.01. The largest absolute Gasteiger partial charge is 0.493 e. The van der Waals surface area contributed by atoms with Crippen LogP contribution in [0.4, 0.5) is 0 Å². The molecule has 2 rings (SSSR count). The maximum absolute atomic E-state index is 9.19. The Hall–Kier alpha value is -1.08. The first kappa shape index (κ1) is 17.0. The third kappa shape index (κ3) is 5.50. The summed E-state index contributed by atoms with van der Waals surface area (Å²) >= 11 is 5.57. The highest BCUT2D eigenvalue weighted by molar-refractivity contribution is 7.85. The molecule has 0 atom stereocenters. The van der Waals surface area contributed by atoms with Crippen molar-refractivity contribution in [3.8, 4) is 5.75 Å². The molecule has 20 heavy (non-hydrogen) atoms. The average molecular weight is 321 g/mol. The lowest BCUT2D eigenvalue weighted by molar-refractivity contribution is 0.317. The fourth-order valence-corrected chi connectivity index (χ4v) is 1.75. The highest BCUT2D eigenvalue weighted by Crippen LogP contribution is 2.38. The van der Waals surface area contributed by atoms with Gasteiger partial charge in [0.05, 0.1) is 19.5 Å². The van der Waals surface area contributed by atoms with Crippen LogP contribution in [0.2, 0.25) is 0 Å². The summed E-state index contributed by atoms with van der Waals surface area (Å²) in [4.78, 5) is 0. The number of halogens is 1. The number of benzene rings is 1. The first-order valence-electron chi connectivity index (χ1n) is 5.93. The van der Waals surface area contributed by atoms with Crippen LogP contribution in [-0.2, 0) is 10.1 Å². The SMILES string of the molecule is CS(=O)(=O)O.OCC1=Cc2c(OCCCCl)cccc21. The van der Waals surface area contributed by atoms with Crippen molar-refractivity contribution in [3.05, 3.63) is 29.3 Å². The maximum atomic E-state index is 9.19. The Labute approximate surface area is 123 Å². The molecule has 0 radical (unpaired) electrons.